The first-order chi connectivity index (χ1) is 17.1. The second-order valence-electron chi connectivity index (χ2n) is 7.77. The second-order valence-corrected chi connectivity index (χ2v) is 7.77. The Labute approximate surface area is 212 Å². The number of carbonyl (C=O) groups excluding carboxylic acids is 1. The summed E-state index contributed by atoms with van der Waals surface area (Å²) in [6, 6.07) is 0. The summed E-state index contributed by atoms with van der Waals surface area (Å²) in [4.78, 5) is 9.27. The molecule has 2 rings (SSSR count). The lowest BCUT2D eigenvalue weighted by molar-refractivity contribution is -0.671. The van der Waals surface area contributed by atoms with Gasteiger partial charge in [-0.2, -0.15) is 30.7 Å². The number of halogens is 11. The Morgan fingerprint density at radius 2 is 1.11 bits per heavy atom. The Hall–Kier alpha value is -2.82. The number of carbonyl (C=O) groups is 1. The van der Waals surface area contributed by atoms with Crippen LogP contribution in [0.3, 0.4) is 0 Å². The number of aliphatic carboxylic acids is 1. The van der Waals surface area contributed by atoms with Gasteiger partial charge in [-0.1, -0.05) is 26.7 Å². The maximum atomic E-state index is 11.7. The third-order valence-corrected chi connectivity index (χ3v) is 4.19. The summed E-state index contributed by atoms with van der Waals surface area (Å²) in [5, 5.41) is 9.27. The van der Waals surface area contributed by atoms with Crippen molar-refractivity contribution in [3.63, 3.8) is 0 Å². The van der Waals surface area contributed by atoms with E-state index in [2.05, 4.69) is 69.6 Å². The number of rotatable bonds is 8. The van der Waals surface area contributed by atoms with Gasteiger partial charge in [0.05, 0.1) is 27.2 Å². The lowest BCUT2D eigenvalue weighted by Crippen LogP contribution is -2.60. The number of aromatic nitrogens is 4. The highest BCUT2D eigenvalue weighted by molar-refractivity contribution is 6.50. The lowest BCUT2D eigenvalue weighted by Gasteiger charge is -2.28. The molecule has 0 unspecified atom stereocenters. The highest BCUT2D eigenvalue weighted by Gasteiger charge is 2.73. The number of carboxylic acids is 1. The molecule has 222 valence electrons. The van der Waals surface area contributed by atoms with E-state index >= 15 is 0 Å². The second kappa shape index (κ2) is 16.2. The molecule has 18 heteroatoms. The molecule has 0 fully saturated rings. The first-order valence-corrected chi connectivity index (χ1v) is 11.0. The number of hydrogen-bond donors (Lipinski definition) is 0. The number of alkyl halides is 7. The number of imidazole rings is 2. The summed E-state index contributed by atoms with van der Waals surface area (Å²) in [7, 11) is -1.91. The van der Waals surface area contributed by atoms with Crippen LogP contribution in [0.1, 0.15) is 39.5 Å². The maximum absolute atomic E-state index is 11.7. The number of carboxylic acid groups (broad SMARTS) is 1. The van der Waals surface area contributed by atoms with Gasteiger partial charge in [-0.25, -0.2) is 18.3 Å². The Morgan fingerprint density at radius 3 is 1.26 bits per heavy atom. The van der Waals surface area contributed by atoms with Crippen LogP contribution in [0, 0.1) is 0 Å². The molecule has 0 aliphatic heterocycles. The SMILES string of the molecule is CCCCn1cc[n+](C)c1.CCCCn1cc[n+](C)c1.F[B-](F)(F)F.O=C([O-])C(F)(F)C(F)(F)C(F)(F)F. The van der Waals surface area contributed by atoms with Crippen molar-refractivity contribution in [2.45, 2.75) is 70.6 Å². The van der Waals surface area contributed by atoms with E-state index < -0.39 is 31.2 Å². The molecule has 38 heavy (non-hydrogen) atoms. The Bertz CT molecular complexity index is 878. The predicted molar refractivity (Wildman–Crippen MR) is 112 cm³/mol. The fourth-order valence-electron chi connectivity index (χ4n) is 2.26. The minimum absolute atomic E-state index is 1.15. The van der Waals surface area contributed by atoms with E-state index in [1.165, 1.54) is 25.7 Å². The third kappa shape index (κ3) is 15.4. The molecule has 0 N–H and O–H groups in total. The first kappa shape index (κ1) is 37.3. The number of hydrogen-bond acceptors (Lipinski definition) is 2. The van der Waals surface area contributed by atoms with Crippen LogP contribution in [0.2, 0.25) is 0 Å². The smallest absolute Gasteiger partial charge is 0.544 e. The number of nitrogens with zero attached hydrogens (tertiary/aromatic N) is 4. The molecule has 0 saturated carbocycles. The van der Waals surface area contributed by atoms with E-state index in [1.807, 2.05) is 14.1 Å². The molecule has 0 atom stereocenters. The molecule has 0 aliphatic carbocycles. The van der Waals surface area contributed by atoms with Gasteiger partial charge in [0.2, 0.25) is 12.7 Å². The van der Waals surface area contributed by atoms with Crippen molar-refractivity contribution in [1.29, 1.82) is 0 Å². The summed E-state index contributed by atoms with van der Waals surface area (Å²) in [5.74, 6) is -16.7. The summed E-state index contributed by atoms with van der Waals surface area (Å²) in [6.45, 7) is 6.72. The summed E-state index contributed by atoms with van der Waals surface area (Å²) < 4.78 is 128. The molecule has 6 nitrogen and oxygen atoms in total. The van der Waals surface area contributed by atoms with Crippen LogP contribution in [0.15, 0.2) is 37.4 Å². The van der Waals surface area contributed by atoms with Crippen LogP contribution >= 0.6 is 0 Å². The average molecular weight is 578 g/mol. The van der Waals surface area contributed by atoms with Crippen molar-refractivity contribution < 1.29 is 67.0 Å². The Balaban J connectivity index is 0. The van der Waals surface area contributed by atoms with Crippen LogP contribution in [0.4, 0.5) is 48.0 Å². The van der Waals surface area contributed by atoms with E-state index in [4.69, 9.17) is 0 Å². The zero-order chi connectivity index (χ0) is 30.4. The van der Waals surface area contributed by atoms with Crippen molar-refractivity contribution in [2.24, 2.45) is 14.1 Å². The molecule has 0 aliphatic rings. The molecule has 0 aromatic carbocycles. The van der Waals surface area contributed by atoms with Crippen molar-refractivity contribution >= 4 is 13.2 Å². The molecule has 0 saturated heterocycles. The largest absolute Gasteiger partial charge is 0.673 e. The fraction of sp³-hybridized carbons (Fsp3) is 0.650. The third-order valence-electron chi connectivity index (χ3n) is 4.19. The predicted octanol–water partition coefficient (Wildman–Crippen LogP) is 4.09. The van der Waals surface area contributed by atoms with Gasteiger partial charge in [0.1, 0.15) is 30.8 Å². The molecular weight excluding hydrogens is 548 g/mol. The fourth-order valence-corrected chi connectivity index (χ4v) is 2.26. The lowest BCUT2D eigenvalue weighted by atomic mass is 10.1. The quantitative estimate of drug-likeness (QED) is 0.269. The monoisotopic (exact) mass is 578 g/mol. The van der Waals surface area contributed by atoms with Gasteiger partial charge in [-0.05, 0) is 12.8 Å². The minimum atomic E-state index is -6.64. The minimum Gasteiger partial charge on any atom is -0.544 e. The molecule has 0 bridgehead atoms. The normalized spacial score (nSPS) is 11.9. The van der Waals surface area contributed by atoms with Crippen LogP contribution < -0.4 is 14.2 Å². The van der Waals surface area contributed by atoms with Gasteiger partial charge >= 0.3 is 25.3 Å². The molecule has 0 radical (unpaired) electrons. The summed E-state index contributed by atoms with van der Waals surface area (Å²) in [5.41, 5.74) is 0. The number of aryl methyl sites for hydroxylation is 4. The van der Waals surface area contributed by atoms with Gasteiger partial charge in [-0.15, -0.1) is 0 Å². The zero-order valence-electron chi connectivity index (χ0n) is 21.0. The number of unbranched alkanes of at least 4 members (excludes halogenated alkanes) is 2. The first-order valence-electron chi connectivity index (χ1n) is 11.0. The summed E-state index contributed by atoms with van der Waals surface area (Å²) >= 11 is 0. The maximum Gasteiger partial charge on any atom is 0.673 e. The molecule has 2 heterocycles. The zero-order valence-corrected chi connectivity index (χ0v) is 21.0. The van der Waals surface area contributed by atoms with Crippen LogP contribution in [-0.4, -0.2) is 40.4 Å². The van der Waals surface area contributed by atoms with E-state index in [1.54, 1.807) is 0 Å². The van der Waals surface area contributed by atoms with Gasteiger partial charge < -0.3 is 27.2 Å². The van der Waals surface area contributed by atoms with Gasteiger partial charge in [0.25, 0.3) is 0 Å². The van der Waals surface area contributed by atoms with E-state index in [0.29, 0.717) is 0 Å². The molecular formula is C20H30BF11N4O2. The topological polar surface area (TPSA) is 57.8 Å². The Kier molecular flexibility index (Phi) is 15.9. The molecule has 2 aromatic rings. The molecule has 0 spiro atoms. The van der Waals surface area contributed by atoms with Crippen molar-refractivity contribution in [2.75, 3.05) is 0 Å². The molecule has 2 aromatic heterocycles. The highest BCUT2D eigenvalue weighted by atomic mass is 19.5. The van der Waals surface area contributed by atoms with Crippen molar-refractivity contribution in [1.82, 2.24) is 9.13 Å². The van der Waals surface area contributed by atoms with Crippen LogP contribution in [0.5, 0.6) is 0 Å². The standard InChI is InChI=1S/2C8H15N2.C4HF7O2.BF4/c2*1-3-4-5-10-7-6-9(2)8-10;5-2(6,1(12)13)3(7,8)4(9,10)11;2-1(3,4)5/h2*6-8H,3-5H2,1-2H3;(H,12,13);/q2*+1;;-1/p-1. The average Bonchev–Trinajstić information content (AvgIpc) is 3.37. The molecule has 0 amide bonds. The van der Waals surface area contributed by atoms with Crippen LogP contribution in [-0.2, 0) is 32.0 Å². The van der Waals surface area contributed by atoms with Gasteiger partial charge in [0, 0.05) is 0 Å². The van der Waals surface area contributed by atoms with E-state index in [9.17, 15) is 57.9 Å². The van der Waals surface area contributed by atoms with Crippen molar-refractivity contribution in [3.05, 3.63) is 37.4 Å². The van der Waals surface area contributed by atoms with Gasteiger partial charge in [-0.3, -0.25) is 0 Å². The van der Waals surface area contributed by atoms with Gasteiger partial charge in [0.15, 0.2) is 0 Å². The van der Waals surface area contributed by atoms with Crippen molar-refractivity contribution in [3.8, 4) is 0 Å². The highest BCUT2D eigenvalue weighted by Crippen LogP contribution is 2.46. The van der Waals surface area contributed by atoms with Crippen LogP contribution in [0.25, 0.3) is 0 Å². The van der Waals surface area contributed by atoms with E-state index in [0.717, 1.165) is 13.1 Å². The summed E-state index contributed by atoms with van der Waals surface area (Å²) in [6.07, 6.45) is 11.0. The van der Waals surface area contributed by atoms with E-state index in [-0.39, 0.29) is 0 Å². The Morgan fingerprint density at radius 1 is 0.789 bits per heavy atom.